The molecule has 2 aromatic carbocycles. The number of benzene rings is 2. The third kappa shape index (κ3) is 6.30. The van der Waals surface area contributed by atoms with Crippen LogP contribution >= 0.6 is 0 Å². The summed E-state index contributed by atoms with van der Waals surface area (Å²) in [5.74, 6) is 0.639. The first-order chi connectivity index (χ1) is 17.8. The Morgan fingerprint density at radius 3 is 2.63 bits per heavy atom. The molecule has 0 bridgehead atoms. The number of anilines is 2. The number of amides is 2. The highest BCUT2D eigenvalue weighted by Gasteiger charge is 2.53. The number of rotatable bonds is 9. The Bertz CT molecular complexity index is 1330. The van der Waals surface area contributed by atoms with Crippen LogP contribution in [-0.2, 0) is 31.3 Å². The normalized spacial score (nSPS) is 20.8. The molecule has 2 atom stereocenters. The Morgan fingerprint density at radius 1 is 1.18 bits per heavy atom. The Kier molecular flexibility index (Phi) is 7.76. The fraction of sp³-hybridized carbons (Fsp3) is 0.500. The van der Waals surface area contributed by atoms with Crippen LogP contribution in [0.3, 0.4) is 0 Å². The van der Waals surface area contributed by atoms with Crippen LogP contribution in [0.4, 0.5) is 11.4 Å². The molecule has 1 fully saturated rings. The van der Waals surface area contributed by atoms with Crippen molar-refractivity contribution < 1.29 is 27.5 Å². The van der Waals surface area contributed by atoms with E-state index in [2.05, 4.69) is 48.9 Å². The van der Waals surface area contributed by atoms with E-state index in [1.54, 1.807) is 18.2 Å². The molecule has 0 radical (unpaired) electrons. The fourth-order valence-electron chi connectivity index (χ4n) is 5.13. The maximum atomic E-state index is 13.2. The first-order valence-corrected chi connectivity index (χ1v) is 14.8. The van der Waals surface area contributed by atoms with Crippen LogP contribution in [0.5, 0.6) is 11.5 Å². The van der Waals surface area contributed by atoms with Crippen molar-refractivity contribution in [1.82, 2.24) is 5.32 Å². The monoisotopic (exact) mass is 543 g/mol. The summed E-state index contributed by atoms with van der Waals surface area (Å²) < 4.78 is 33.6. The topological polar surface area (TPSA) is 123 Å². The van der Waals surface area contributed by atoms with E-state index in [0.29, 0.717) is 36.6 Å². The number of ether oxygens (including phenoxy) is 2. The van der Waals surface area contributed by atoms with Gasteiger partial charge in [-0.3, -0.25) is 9.59 Å². The van der Waals surface area contributed by atoms with Gasteiger partial charge < -0.3 is 25.4 Å². The van der Waals surface area contributed by atoms with E-state index in [1.165, 1.54) is 18.9 Å². The van der Waals surface area contributed by atoms with Gasteiger partial charge in [0, 0.05) is 24.6 Å². The molecule has 206 valence electrons. The number of hydrogen-bond donors (Lipinski definition) is 3. The Labute approximate surface area is 224 Å². The molecular formula is C28H37N3O6S. The van der Waals surface area contributed by atoms with Crippen LogP contribution in [0.1, 0.15) is 44.7 Å². The van der Waals surface area contributed by atoms with Crippen LogP contribution < -0.4 is 25.4 Å². The van der Waals surface area contributed by atoms with Gasteiger partial charge in [-0.1, -0.05) is 32.9 Å². The minimum Gasteiger partial charge on any atom is -0.494 e. The highest BCUT2D eigenvalue weighted by Crippen LogP contribution is 2.44. The maximum absolute atomic E-state index is 13.2. The second-order valence-electron chi connectivity index (χ2n) is 11.5. The number of carbonyl (C=O) groups excluding carboxylic acids is 2. The van der Waals surface area contributed by atoms with Crippen LogP contribution in [0, 0.1) is 5.41 Å². The summed E-state index contributed by atoms with van der Waals surface area (Å²) in [6.07, 6.45) is 2.81. The minimum atomic E-state index is -3.04. The van der Waals surface area contributed by atoms with Gasteiger partial charge in [0.2, 0.25) is 11.8 Å². The third-order valence-electron chi connectivity index (χ3n) is 6.90. The summed E-state index contributed by atoms with van der Waals surface area (Å²) in [6, 6.07) is 10.6. The van der Waals surface area contributed by atoms with Gasteiger partial charge in [0.05, 0.1) is 36.6 Å². The van der Waals surface area contributed by atoms with Gasteiger partial charge >= 0.3 is 0 Å². The molecule has 1 saturated heterocycles. The SMILES string of the molecule is COc1cc(OCCCS(C)(=O)=O)ccc1NC(=O)C1CC2(CN1)C(=O)Nc1ccc(CC(C)(C)C)cc12. The maximum Gasteiger partial charge on any atom is 0.241 e. The molecule has 10 heteroatoms. The predicted octanol–water partition coefficient (Wildman–Crippen LogP) is 3.29. The van der Waals surface area contributed by atoms with Crippen molar-refractivity contribution in [1.29, 1.82) is 0 Å². The number of nitrogens with one attached hydrogen (secondary N) is 3. The molecule has 38 heavy (non-hydrogen) atoms. The second kappa shape index (κ2) is 10.6. The summed E-state index contributed by atoms with van der Waals surface area (Å²) in [5.41, 5.74) is 2.73. The van der Waals surface area contributed by atoms with Crippen molar-refractivity contribution >= 4 is 33.0 Å². The molecule has 9 nitrogen and oxygen atoms in total. The zero-order valence-electron chi connectivity index (χ0n) is 22.6. The molecule has 3 N–H and O–H groups in total. The molecule has 0 aromatic heterocycles. The standard InChI is InChI=1S/C28H37N3O6S/c1-27(2,3)15-18-7-9-21-20(13-18)28(26(33)31-21)16-23(29-17-28)25(32)30-22-10-8-19(14-24(22)36-4)37-11-6-12-38(5,34)35/h7-10,13-14,23,29H,6,11-12,15-17H2,1-5H3,(H,30,32)(H,31,33). The van der Waals surface area contributed by atoms with Crippen LogP contribution in [-0.4, -0.2) is 58.5 Å². The van der Waals surface area contributed by atoms with Gasteiger partial charge in [-0.15, -0.1) is 0 Å². The van der Waals surface area contributed by atoms with Crippen molar-refractivity contribution in [2.75, 3.05) is 42.9 Å². The van der Waals surface area contributed by atoms with E-state index < -0.39 is 21.3 Å². The van der Waals surface area contributed by atoms with Gasteiger partial charge in [-0.25, -0.2) is 8.42 Å². The average Bonchev–Trinajstić information content (AvgIpc) is 3.39. The highest BCUT2D eigenvalue weighted by molar-refractivity contribution is 7.90. The Morgan fingerprint density at radius 2 is 1.95 bits per heavy atom. The van der Waals surface area contributed by atoms with Crippen LogP contribution in [0.25, 0.3) is 0 Å². The molecule has 2 aliphatic rings. The smallest absolute Gasteiger partial charge is 0.241 e. The van der Waals surface area contributed by atoms with Gasteiger partial charge in [0.1, 0.15) is 21.3 Å². The van der Waals surface area contributed by atoms with Crippen molar-refractivity contribution in [3.05, 3.63) is 47.5 Å². The van der Waals surface area contributed by atoms with Gasteiger partial charge in [0.15, 0.2) is 0 Å². The van der Waals surface area contributed by atoms with Gasteiger partial charge in [-0.2, -0.15) is 0 Å². The summed E-state index contributed by atoms with van der Waals surface area (Å²) in [6.45, 7) is 7.17. The summed E-state index contributed by atoms with van der Waals surface area (Å²) >= 11 is 0. The minimum absolute atomic E-state index is 0.0502. The molecular weight excluding hydrogens is 506 g/mol. The van der Waals surface area contributed by atoms with E-state index in [1.807, 2.05) is 6.07 Å². The van der Waals surface area contributed by atoms with Gasteiger partial charge in [-0.05, 0) is 54.0 Å². The number of fused-ring (bicyclic) bond motifs is 2. The number of methoxy groups -OCH3 is 1. The van der Waals surface area contributed by atoms with Crippen molar-refractivity contribution in [3.63, 3.8) is 0 Å². The Balaban J connectivity index is 1.44. The van der Waals surface area contributed by atoms with Crippen LogP contribution in [0.2, 0.25) is 0 Å². The number of sulfone groups is 1. The van der Waals surface area contributed by atoms with E-state index in [4.69, 9.17) is 9.47 Å². The lowest BCUT2D eigenvalue weighted by Crippen LogP contribution is -2.36. The largest absolute Gasteiger partial charge is 0.494 e. The molecule has 2 unspecified atom stereocenters. The molecule has 2 heterocycles. The fourth-order valence-corrected chi connectivity index (χ4v) is 5.77. The van der Waals surface area contributed by atoms with Crippen LogP contribution in [0.15, 0.2) is 36.4 Å². The van der Waals surface area contributed by atoms with Crippen molar-refractivity contribution in [2.45, 2.75) is 51.5 Å². The Hall–Kier alpha value is -3.11. The first-order valence-electron chi connectivity index (χ1n) is 12.8. The highest BCUT2D eigenvalue weighted by atomic mass is 32.2. The third-order valence-corrected chi connectivity index (χ3v) is 7.93. The molecule has 0 aliphatic carbocycles. The lowest BCUT2D eigenvalue weighted by atomic mass is 9.78. The molecule has 2 aromatic rings. The quantitative estimate of drug-likeness (QED) is 0.415. The van der Waals surface area contributed by atoms with Gasteiger partial charge in [0.25, 0.3) is 0 Å². The molecule has 0 saturated carbocycles. The summed E-state index contributed by atoms with van der Waals surface area (Å²) in [4.78, 5) is 26.4. The van der Waals surface area contributed by atoms with E-state index in [-0.39, 0.29) is 29.6 Å². The van der Waals surface area contributed by atoms with E-state index >= 15 is 0 Å². The van der Waals surface area contributed by atoms with Crippen molar-refractivity contribution in [3.8, 4) is 11.5 Å². The molecule has 2 amide bonds. The predicted molar refractivity (Wildman–Crippen MR) is 148 cm³/mol. The molecule has 2 aliphatic heterocycles. The molecule has 4 rings (SSSR count). The summed E-state index contributed by atoms with van der Waals surface area (Å²) in [5, 5.41) is 9.17. The zero-order chi connectivity index (χ0) is 27.7. The zero-order valence-corrected chi connectivity index (χ0v) is 23.5. The van der Waals surface area contributed by atoms with E-state index in [9.17, 15) is 18.0 Å². The number of hydrogen-bond acceptors (Lipinski definition) is 7. The number of carbonyl (C=O) groups is 2. The molecule has 1 spiro atoms. The lowest BCUT2D eigenvalue weighted by molar-refractivity contribution is -0.120. The first kappa shape index (κ1) is 27.9. The average molecular weight is 544 g/mol. The second-order valence-corrected chi connectivity index (χ2v) is 13.7. The summed E-state index contributed by atoms with van der Waals surface area (Å²) in [7, 11) is -1.54. The lowest BCUT2D eigenvalue weighted by Gasteiger charge is -2.23. The van der Waals surface area contributed by atoms with Crippen molar-refractivity contribution in [2.24, 2.45) is 5.41 Å². The van der Waals surface area contributed by atoms with E-state index in [0.717, 1.165) is 17.7 Å².